The van der Waals surface area contributed by atoms with Gasteiger partial charge in [-0.15, -0.1) is 0 Å². The van der Waals surface area contributed by atoms with Crippen LogP contribution in [0.3, 0.4) is 0 Å². The molecule has 0 spiro atoms. The summed E-state index contributed by atoms with van der Waals surface area (Å²) in [5.41, 5.74) is 2.79. The van der Waals surface area contributed by atoms with E-state index in [1.165, 1.54) is 11.8 Å². The molecule has 3 heterocycles. The number of aromatic nitrogens is 4. The molecule has 1 aliphatic rings. The van der Waals surface area contributed by atoms with Crippen LogP contribution in [-0.4, -0.2) is 57.5 Å². The number of benzene rings is 1. The van der Waals surface area contributed by atoms with Gasteiger partial charge in [-0.3, -0.25) is 9.58 Å². The van der Waals surface area contributed by atoms with E-state index in [2.05, 4.69) is 43.5 Å². The number of hydrogen-bond donors (Lipinski definition) is 1. The molecule has 0 unspecified atom stereocenters. The topological polar surface area (TPSA) is 91.9 Å². The van der Waals surface area contributed by atoms with Crippen molar-refractivity contribution >= 4 is 11.6 Å². The van der Waals surface area contributed by atoms with E-state index in [-0.39, 0.29) is 5.69 Å². The quantitative estimate of drug-likeness (QED) is 0.598. The van der Waals surface area contributed by atoms with Crippen molar-refractivity contribution in [2.45, 2.75) is 19.4 Å². The lowest BCUT2D eigenvalue weighted by molar-refractivity contribution is 0.0384. The predicted octanol–water partition coefficient (Wildman–Crippen LogP) is 3.01. The average molecular weight is 421 g/mol. The molecule has 8 nitrogen and oxygen atoms in total. The Morgan fingerprint density at radius 1 is 1.13 bits per heavy atom. The fraction of sp³-hybridized carbons (Fsp3) is 0.364. The van der Waals surface area contributed by atoms with Crippen LogP contribution in [-0.2, 0) is 17.7 Å². The zero-order valence-corrected chi connectivity index (χ0v) is 17.2. The molecule has 31 heavy (non-hydrogen) atoms. The smallest absolute Gasteiger partial charge is 0.227 e. The largest absolute Gasteiger partial charge is 0.379 e. The Balaban J connectivity index is 1.39. The van der Waals surface area contributed by atoms with Crippen LogP contribution < -0.4 is 5.32 Å². The molecule has 2 aromatic heterocycles. The van der Waals surface area contributed by atoms with E-state index >= 15 is 0 Å². The molecule has 4 rings (SSSR count). The SMILES string of the molecule is N#CCCn1cc(-c2nc(Nc3ccc(CCN4CCOCC4)cc3)ncc2F)cn1. The number of anilines is 2. The molecule has 0 radical (unpaired) electrons. The third kappa shape index (κ3) is 5.63. The minimum Gasteiger partial charge on any atom is -0.379 e. The van der Waals surface area contributed by atoms with E-state index in [9.17, 15) is 4.39 Å². The van der Waals surface area contributed by atoms with Crippen LogP contribution in [0, 0.1) is 17.1 Å². The molecule has 0 amide bonds. The number of morpholine rings is 1. The standard InChI is InChI=1S/C22H24FN7O/c23-20-15-25-22(28-21(20)18-14-26-30(16-18)8-1-7-24)27-19-4-2-17(3-5-19)6-9-29-10-12-31-13-11-29/h2-5,14-16H,1,6,8-13H2,(H,25,27,28). The summed E-state index contributed by atoms with van der Waals surface area (Å²) in [7, 11) is 0. The summed E-state index contributed by atoms with van der Waals surface area (Å²) >= 11 is 0. The van der Waals surface area contributed by atoms with Gasteiger partial charge in [0.2, 0.25) is 5.95 Å². The summed E-state index contributed by atoms with van der Waals surface area (Å²) in [6.07, 6.45) is 5.68. The molecule has 1 aliphatic heterocycles. The van der Waals surface area contributed by atoms with Gasteiger partial charge in [-0.1, -0.05) is 12.1 Å². The van der Waals surface area contributed by atoms with Gasteiger partial charge in [0.05, 0.1) is 44.6 Å². The number of halogens is 1. The Labute approximate surface area is 180 Å². The lowest BCUT2D eigenvalue weighted by atomic mass is 10.1. The summed E-state index contributed by atoms with van der Waals surface area (Å²) in [6.45, 7) is 5.06. The number of ether oxygens (including phenoxy) is 1. The van der Waals surface area contributed by atoms with Crippen LogP contribution in [0.15, 0.2) is 42.9 Å². The van der Waals surface area contributed by atoms with Crippen LogP contribution >= 0.6 is 0 Å². The lowest BCUT2D eigenvalue weighted by Gasteiger charge is -2.26. The highest BCUT2D eigenvalue weighted by molar-refractivity contribution is 5.61. The number of nitrogens with zero attached hydrogens (tertiary/aromatic N) is 6. The van der Waals surface area contributed by atoms with Crippen molar-refractivity contribution in [2.24, 2.45) is 0 Å². The maximum Gasteiger partial charge on any atom is 0.227 e. The molecule has 1 N–H and O–H groups in total. The molecule has 160 valence electrons. The minimum absolute atomic E-state index is 0.169. The molecule has 1 aromatic carbocycles. The van der Waals surface area contributed by atoms with Crippen molar-refractivity contribution in [1.29, 1.82) is 5.26 Å². The van der Waals surface area contributed by atoms with Gasteiger partial charge in [0.15, 0.2) is 5.82 Å². The van der Waals surface area contributed by atoms with Crippen molar-refractivity contribution in [1.82, 2.24) is 24.6 Å². The maximum absolute atomic E-state index is 14.3. The third-order valence-electron chi connectivity index (χ3n) is 5.13. The van der Waals surface area contributed by atoms with Crippen molar-refractivity contribution in [3.8, 4) is 17.3 Å². The normalized spacial score (nSPS) is 14.3. The van der Waals surface area contributed by atoms with Gasteiger partial charge < -0.3 is 10.1 Å². The highest BCUT2D eigenvalue weighted by Gasteiger charge is 2.13. The first-order valence-corrected chi connectivity index (χ1v) is 10.3. The van der Waals surface area contributed by atoms with Gasteiger partial charge in [0.1, 0.15) is 5.69 Å². The molecular formula is C22H24FN7O. The van der Waals surface area contributed by atoms with Crippen LogP contribution in [0.1, 0.15) is 12.0 Å². The van der Waals surface area contributed by atoms with Gasteiger partial charge in [0, 0.05) is 37.1 Å². The highest BCUT2D eigenvalue weighted by atomic mass is 19.1. The summed E-state index contributed by atoms with van der Waals surface area (Å²) in [5, 5.41) is 16.0. The molecule has 0 aliphatic carbocycles. The van der Waals surface area contributed by atoms with Gasteiger partial charge in [-0.25, -0.2) is 14.4 Å². The fourth-order valence-electron chi connectivity index (χ4n) is 3.40. The third-order valence-corrected chi connectivity index (χ3v) is 5.13. The molecule has 1 saturated heterocycles. The number of hydrogen-bond acceptors (Lipinski definition) is 7. The molecule has 1 fully saturated rings. The van der Waals surface area contributed by atoms with Crippen molar-refractivity contribution in [3.05, 3.63) is 54.2 Å². The maximum atomic E-state index is 14.3. The van der Waals surface area contributed by atoms with E-state index in [1.54, 1.807) is 10.9 Å². The fourth-order valence-corrected chi connectivity index (χ4v) is 3.40. The van der Waals surface area contributed by atoms with E-state index < -0.39 is 5.82 Å². The van der Waals surface area contributed by atoms with E-state index in [1.807, 2.05) is 12.1 Å². The predicted molar refractivity (Wildman–Crippen MR) is 114 cm³/mol. The molecule has 0 atom stereocenters. The first-order valence-electron chi connectivity index (χ1n) is 10.3. The zero-order valence-electron chi connectivity index (χ0n) is 17.2. The van der Waals surface area contributed by atoms with Crippen LogP contribution in [0.2, 0.25) is 0 Å². The van der Waals surface area contributed by atoms with E-state index in [0.717, 1.165) is 51.2 Å². The summed E-state index contributed by atoms with van der Waals surface area (Å²) < 4.78 is 21.3. The second-order valence-corrected chi connectivity index (χ2v) is 7.32. The summed E-state index contributed by atoms with van der Waals surface area (Å²) in [5.74, 6) is -0.217. The van der Waals surface area contributed by atoms with Crippen molar-refractivity contribution in [3.63, 3.8) is 0 Å². The van der Waals surface area contributed by atoms with Gasteiger partial charge in [0.25, 0.3) is 0 Å². The van der Waals surface area contributed by atoms with E-state index in [4.69, 9.17) is 10.00 Å². The Kier molecular flexibility index (Phi) is 6.82. The van der Waals surface area contributed by atoms with Gasteiger partial charge in [-0.2, -0.15) is 10.4 Å². The average Bonchev–Trinajstić information content (AvgIpc) is 3.28. The molecule has 9 heteroatoms. The van der Waals surface area contributed by atoms with Crippen LogP contribution in [0.4, 0.5) is 16.0 Å². The van der Waals surface area contributed by atoms with Gasteiger partial charge in [-0.05, 0) is 24.1 Å². The van der Waals surface area contributed by atoms with Crippen LogP contribution in [0.25, 0.3) is 11.3 Å². The first-order chi connectivity index (χ1) is 15.2. The Bertz CT molecular complexity index is 1040. The number of rotatable bonds is 8. The zero-order chi connectivity index (χ0) is 21.5. The first kappa shape index (κ1) is 20.9. The Morgan fingerprint density at radius 2 is 1.94 bits per heavy atom. The molecular weight excluding hydrogens is 397 g/mol. The van der Waals surface area contributed by atoms with Gasteiger partial charge >= 0.3 is 0 Å². The van der Waals surface area contributed by atoms with Crippen molar-refractivity contribution < 1.29 is 9.13 Å². The number of nitriles is 1. The van der Waals surface area contributed by atoms with E-state index in [0.29, 0.717) is 24.5 Å². The highest BCUT2D eigenvalue weighted by Crippen LogP contribution is 2.22. The number of nitrogens with one attached hydrogen (secondary N) is 1. The molecule has 0 saturated carbocycles. The van der Waals surface area contributed by atoms with Crippen molar-refractivity contribution in [2.75, 3.05) is 38.2 Å². The Morgan fingerprint density at radius 3 is 2.71 bits per heavy atom. The second kappa shape index (κ2) is 10.1. The molecule has 0 bridgehead atoms. The van der Waals surface area contributed by atoms with Crippen LogP contribution in [0.5, 0.6) is 0 Å². The second-order valence-electron chi connectivity index (χ2n) is 7.32. The summed E-state index contributed by atoms with van der Waals surface area (Å²) in [6, 6.07) is 10.2. The lowest BCUT2D eigenvalue weighted by Crippen LogP contribution is -2.37. The number of aryl methyl sites for hydroxylation is 1. The molecule has 3 aromatic rings. The Hall–Kier alpha value is -3.35. The summed E-state index contributed by atoms with van der Waals surface area (Å²) in [4.78, 5) is 10.8. The monoisotopic (exact) mass is 421 g/mol. The minimum atomic E-state index is -0.524.